The molecule has 0 atom stereocenters. The molecule has 140 valence electrons. The van der Waals surface area contributed by atoms with Gasteiger partial charge in [-0.15, -0.1) is 0 Å². The van der Waals surface area contributed by atoms with Crippen LogP contribution in [0.3, 0.4) is 0 Å². The van der Waals surface area contributed by atoms with Gasteiger partial charge in [-0.3, -0.25) is 10.9 Å². The zero-order chi connectivity index (χ0) is 19.0. The van der Waals surface area contributed by atoms with Gasteiger partial charge in [0.15, 0.2) is 10.2 Å². The van der Waals surface area contributed by atoms with Gasteiger partial charge in [-0.2, -0.15) is 0 Å². The molecule has 25 heavy (non-hydrogen) atoms. The van der Waals surface area contributed by atoms with Crippen LogP contribution < -0.4 is 21.5 Å². The predicted octanol–water partition coefficient (Wildman–Crippen LogP) is 1.71. The number of nitrogens with zero attached hydrogens (tertiary/aromatic N) is 1. The third kappa shape index (κ3) is 6.73. The Morgan fingerprint density at radius 3 is 2.40 bits per heavy atom. The Morgan fingerprint density at radius 2 is 1.80 bits per heavy atom. The molecule has 0 saturated carbocycles. The van der Waals surface area contributed by atoms with E-state index >= 15 is 0 Å². The summed E-state index contributed by atoms with van der Waals surface area (Å²) >= 11 is 10.3. The molecule has 0 radical (unpaired) electrons. The minimum atomic E-state index is -3.51. The van der Waals surface area contributed by atoms with Crippen molar-refractivity contribution in [1.82, 2.24) is 20.5 Å². The largest absolute Gasteiger partial charge is 0.361 e. The van der Waals surface area contributed by atoms with E-state index in [-0.39, 0.29) is 10.0 Å². The van der Waals surface area contributed by atoms with Gasteiger partial charge in [0, 0.05) is 26.3 Å². The molecule has 1 rings (SSSR count). The van der Waals surface area contributed by atoms with Crippen LogP contribution in [0.1, 0.15) is 25.3 Å². The van der Waals surface area contributed by atoms with Gasteiger partial charge in [-0.25, -0.2) is 12.7 Å². The summed E-state index contributed by atoms with van der Waals surface area (Å²) in [6.45, 7) is 4.75. The van der Waals surface area contributed by atoms with Crippen LogP contribution in [0, 0.1) is 6.92 Å². The topological polar surface area (TPSA) is 85.5 Å². The predicted molar refractivity (Wildman–Crippen MR) is 110 cm³/mol. The first kappa shape index (κ1) is 21.6. The summed E-state index contributed by atoms with van der Waals surface area (Å²) < 4.78 is 25.6. The molecular formula is C15H25N5O2S3. The van der Waals surface area contributed by atoms with Crippen LogP contribution in [-0.4, -0.2) is 43.6 Å². The number of hydrazine groups is 1. The minimum absolute atomic E-state index is 0.193. The van der Waals surface area contributed by atoms with E-state index in [1.165, 1.54) is 18.4 Å². The maximum atomic E-state index is 12.2. The van der Waals surface area contributed by atoms with Gasteiger partial charge in [0.1, 0.15) is 0 Å². The van der Waals surface area contributed by atoms with Crippen LogP contribution in [0.2, 0.25) is 0 Å². The highest BCUT2D eigenvalue weighted by Gasteiger charge is 2.18. The molecule has 0 spiro atoms. The molecule has 10 heteroatoms. The zero-order valence-electron chi connectivity index (χ0n) is 14.8. The number of anilines is 1. The Morgan fingerprint density at radius 1 is 1.16 bits per heavy atom. The molecule has 0 saturated heterocycles. The summed E-state index contributed by atoms with van der Waals surface area (Å²) in [5, 5.41) is 6.74. The Balaban J connectivity index is 2.70. The number of hydrogen-bond donors (Lipinski definition) is 4. The van der Waals surface area contributed by atoms with Gasteiger partial charge >= 0.3 is 0 Å². The number of nitrogens with one attached hydrogen (secondary N) is 4. The Labute approximate surface area is 160 Å². The number of rotatable bonds is 6. The fourth-order valence-corrected chi connectivity index (χ4v) is 3.04. The maximum absolute atomic E-state index is 12.2. The van der Waals surface area contributed by atoms with E-state index in [2.05, 4.69) is 28.4 Å². The number of thiocarbonyl (C=S) groups is 2. The van der Waals surface area contributed by atoms with Crippen LogP contribution in [0.4, 0.5) is 5.69 Å². The van der Waals surface area contributed by atoms with Crippen molar-refractivity contribution in [3.63, 3.8) is 0 Å². The van der Waals surface area contributed by atoms with E-state index in [9.17, 15) is 8.42 Å². The third-order valence-electron chi connectivity index (χ3n) is 3.34. The van der Waals surface area contributed by atoms with Crippen molar-refractivity contribution in [3.8, 4) is 0 Å². The molecule has 1 aromatic rings. The molecule has 0 unspecified atom stereocenters. The van der Waals surface area contributed by atoms with Crippen LogP contribution >= 0.6 is 24.4 Å². The van der Waals surface area contributed by atoms with E-state index in [4.69, 9.17) is 24.4 Å². The second-order valence-corrected chi connectivity index (χ2v) is 8.55. The Kier molecular flexibility index (Phi) is 8.50. The number of sulfonamides is 1. The smallest absolute Gasteiger partial charge is 0.242 e. The molecule has 0 aliphatic rings. The SMILES string of the molecule is CCCCNC(=S)NNC(=S)Nc1cc(S(=O)(=O)N(C)C)ccc1C. The Bertz CT molecular complexity index is 720. The zero-order valence-corrected chi connectivity index (χ0v) is 17.3. The highest BCUT2D eigenvalue weighted by Crippen LogP contribution is 2.21. The molecule has 0 fully saturated rings. The van der Waals surface area contributed by atoms with Gasteiger partial charge in [0.25, 0.3) is 0 Å². The van der Waals surface area contributed by atoms with Crippen LogP contribution in [0.25, 0.3) is 0 Å². The average molecular weight is 404 g/mol. The molecule has 4 N–H and O–H groups in total. The van der Waals surface area contributed by atoms with E-state index < -0.39 is 10.0 Å². The Hall–Kier alpha value is -1.49. The lowest BCUT2D eigenvalue weighted by atomic mass is 10.2. The van der Waals surface area contributed by atoms with E-state index in [0.717, 1.165) is 24.9 Å². The monoisotopic (exact) mass is 403 g/mol. The van der Waals surface area contributed by atoms with E-state index in [1.54, 1.807) is 18.2 Å². The van der Waals surface area contributed by atoms with Gasteiger partial charge in [-0.05, 0) is 55.5 Å². The van der Waals surface area contributed by atoms with Crippen molar-refractivity contribution in [2.75, 3.05) is 26.0 Å². The normalized spacial score (nSPS) is 11.1. The number of hydrogen-bond acceptors (Lipinski definition) is 4. The van der Waals surface area contributed by atoms with Crippen molar-refractivity contribution in [2.45, 2.75) is 31.6 Å². The summed E-state index contributed by atoms with van der Waals surface area (Å²) in [6, 6.07) is 4.85. The molecule has 0 aliphatic heterocycles. The molecule has 7 nitrogen and oxygen atoms in total. The third-order valence-corrected chi connectivity index (χ3v) is 5.60. The van der Waals surface area contributed by atoms with Crippen LogP contribution in [-0.2, 0) is 10.0 Å². The van der Waals surface area contributed by atoms with Gasteiger partial charge in [0.05, 0.1) is 4.90 Å². The van der Waals surface area contributed by atoms with Crippen molar-refractivity contribution < 1.29 is 8.42 Å². The first-order valence-electron chi connectivity index (χ1n) is 7.82. The minimum Gasteiger partial charge on any atom is -0.361 e. The summed E-state index contributed by atoms with van der Waals surface area (Å²) in [6.07, 6.45) is 2.10. The fourth-order valence-electron chi connectivity index (χ4n) is 1.80. The molecule has 1 aromatic carbocycles. The first-order valence-corrected chi connectivity index (χ1v) is 10.1. The lowest BCUT2D eigenvalue weighted by Crippen LogP contribution is -2.48. The van der Waals surface area contributed by atoms with Crippen LogP contribution in [0.15, 0.2) is 23.1 Å². The number of benzene rings is 1. The highest BCUT2D eigenvalue weighted by molar-refractivity contribution is 7.89. The van der Waals surface area contributed by atoms with Crippen LogP contribution in [0.5, 0.6) is 0 Å². The maximum Gasteiger partial charge on any atom is 0.242 e. The lowest BCUT2D eigenvalue weighted by Gasteiger charge is -2.17. The number of aryl methyl sites for hydroxylation is 1. The quantitative estimate of drug-likeness (QED) is 0.325. The second kappa shape index (κ2) is 9.85. The fraction of sp³-hybridized carbons (Fsp3) is 0.467. The van der Waals surface area contributed by atoms with Crippen molar-refractivity contribution in [2.24, 2.45) is 0 Å². The van der Waals surface area contributed by atoms with Gasteiger partial charge in [-0.1, -0.05) is 19.4 Å². The first-order chi connectivity index (χ1) is 11.7. The molecule has 0 aromatic heterocycles. The lowest BCUT2D eigenvalue weighted by molar-refractivity contribution is 0.521. The summed E-state index contributed by atoms with van der Waals surface area (Å²) in [7, 11) is -0.525. The van der Waals surface area contributed by atoms with E-state index in [0.29, 0.717) is 10.8 Å². The van der Waals surface area contributed by atoms with Crippen molar-refractivity contribution in [1.29, 1.82) is 0 Å². The molecule has 0 amide bonds. The molecule has 0 aliphatic carbocycles. The summed E-state index contributed by atoms with van der Waals surface area (Å²) in [5.74, 6) is 0. The van der Waals surface area contributed by atoms with Gasteiger partial charge in [0.2, 0.25) is 10.0 Å². The molecule has 0 heterocycles. The average Bonchev–Trinajstić information content (AvgIpc) is 2.55. The van der Waals surface area contributed by atoms with Crippen molar-refractivity contribution >= 4 is 50.4 Å². The summed E-state index contributed by atoms with van der Waals surface area (Å²) in [4.78, 5) is 0.193. The summed E-state index contributed by atoms with van der Waals surface area (Å²) in [5.41, 5.74) is 7.03. The highest BCUT2D eigenvalue weighted by atomic mass is 32.2. The molecule has 0 bridgehead atoms. The number of unbranched alkanes of at least 4 members (excludes halogenated alkanes) is 1. The second-order valence-electron chi connectivity index (χ2n) is 5.58. The standard InChI is InChI=1S/C15H25N5O2S3/c1-5-6-9-16-14(23)18-19-15(24)17-13-10-12(8-7-11(13)2)25(21,22)20(3)4/h7-8,10H,5-6,9H2,1-4H3,(H2,16,18,23)(H2,17,19,24). The van der Waals surface area contributed by atoms with Gasteiger partial charge < -0.3 is 10.6 Å². The van der Waals surface area contributed by atoms with E-state index in [1.807, 2.05) is 6.92 Å². The van der Waals surface area contributed by atoms with Crippen molar-refractivity contribution in [3.05, 3.63) is 23.8 Å². The molecular weight excluding hydrogens is 378 g/mol.